The van der Waals surface area contributed by atoms with Gasteiger partial charge in [0.1, 0.15) is 15.8 Å². The lowest BCUT2D eigenvalue weighted by Gasteiger charge is -2.30. The molecule has 0 bridgehead atoms. The van der Waals surface area contributed by atoms with Gasteiger partial charge in [-0.05, 0) is 30.8 Å². The summed E-state index contributed by atoms with van der Waals surface area (Å²) >= 11 is 7.72. The molecule has 1 saturated heterocycles. The van der Waals surface area contributed by atoms with Crippen LogP contribution in [0, 0.1) is 5.92 Å². The molecule has 1 aliphatic heterocycles. The lowest BCUT2D eigenvalue weighted by Crippen LogP contribution is -2.40. The molecule has 2 N–H and O–H groups in total. The molecule has 1 amide bonds. The van der Waals surface area contributed by atoms with Crippen molar-refractivity contribution in [3.05, 3.63) is 22.4 Å². The number of halogens is 1. The topological polar surface area (TPSA) is 72.1 Å². The summed E-state index contributed by atoms with van der Waals surface area (Å²) < 4.78 is 0. The second kappa shape index (κ2) is 5.63. The predicted octanol–water partition coefficient (Wildman–Crippen LogP) is 2.04. The van der Waals surface area contributed by atoms with Crippen LogP contribution in [-0.2, 0) is 11.3 Å². The van der Waals surface area contributed by atoms with Gasteiger partial charge in [0, 0.05) is 11.9 Å². The van der Waals surface area contributed by atoms with Gasteiger partial charge in [-0.1, -0.05) is 11.6 Å². The molecule has 7 heteroatoms. The van der Waals surface area contributed by atoms with Crippen LogP contribution < -0.4 is 5.73 Å². The molecule has 106 valence electrons. The highest BCUT2D eigenvalue weighted by Crippen LogP contribution is 2.25. The van der Waals surface area contributed by atoms with Crippen LogP contribution >= 0.6 is 22.9 Å². The molecular weight excluding hydrogens is 296 g/mol. The van der Waals surface area contributed by atoms with Crippen molar-refractivity contribution in [1.29, 1.82) is 0 Å². The number of amides is 1. The Labute approximate surface area is 125 Å². The largest absolute Gasteiger partial charge is 0.369 e. The SMILES string of the molecule is NC(=O)C1CCCN(Cc2nc(Cl)c3ccsc3n2)C1. The van der Waals surface area contributed by atoms with Crippen molar-refractivity contribution in [2.75, 3.05) is 13.1 Å². The number of fused-ring (bicyclic) bond motifs is 1. The predicted molar refractivity (Wildman–Crippen MR) is 79.6 cm³/mol. The van der Waals surface area contributed by atoms with Crippen molar-refractivity contribution >= 4 is 39.1 Å². The fourth-order valence-corrected chi connectivity index (χ4v) is 3.65. The molecule has 1 unspecified atom stereocenters. The number of aromatic nitrogens is 2. The van der Waals surface area contributed by atoms with Gasteiger partial charge in [-0.2, -0.15) is 0 Å². The maximum Gasteiger partial charge on any atom is 0.221 e. The minimum absolute atomic E-state index is 0.0651. The molecule has 1 fully saturated rings. The second-order valence-corrected chi connectivity index (χ2v) is 6.30. The van der Waals surface area contributed by atoms with Crippen LogP contribution in [0.2, 0.25) is 5.15 Å². The minimum atomic E-state index is -0.220. The molecule has 0 radical (unpaired) electrons. The van der Waals surface area contributed by atoms with Crippen molar-refractivity contribution in [1.82, 2.24) is 14.9 Å². The van der Waals surface area contributed by atoms with Crippen molar-refractivity contribution < 1.29 is 4.79 Å². The fourth-order valence-electron chi connectivity index (χ4n) is 2.56. The molecule has 5 nitrogen and oxygen atoms in total. The van der Waals surface area contributed by atoms with E-state index in [1.165, 1.54) is 0 Å². The number of carbonyl (C=O) groups excluding carboxylic acids is 1. The quantitative estimate of drug-likeness (QED) is 0.881. The summed E-state index contributed by atoms with van der Waals surface area (Å²) in [6.45, 7) is 2.23. The van der Waals surface area contributed by atoms with E-state index >= 15 is 0 Å². The maximum atomic E-state index is 11.3. The van der Waals surface area contributed by atoms with Gasteiger partial charge in [-0.25, -0.2) is 9.97 Å². The Bertz CT molecular complexity index is 644. The third-order valence-electron chi connectivity index (χ3n) is 3.60. The summed E-state index contributed by atoms with van der Waals surface area (Å²) in [6, 6.07) is 1.93. The molecule has 0 aliphatic carbocycles. The number of hydrogen-bond donors (Lipinski definition) is 1. The van der Waals surface area contributed by atoms with Gasteiger partial charge in [-0.3, -0.25) is 9.69 Å². The van der Waals surface area contributed by atoms with Crippen LogP contribution in [-0.4, -0.2) is 33.9 Å². The lowest BCUT2D eigenvalue weighted by atomic mass is 9.97. The molecule has 2 aromatic rings. The van der Waals surface area contributed by atoms with E-state index in [1.807, 2.05) is 11.4 Å². The maximum absolute atomic E-state index is 11.3. The zero-order chi connectivity index (χ0) is 14.1. The summed E-state index contributed by atoms with van der Waals surface area (Å²) in [5.41, 5.74) is 5.39. The first-order valence-electron chi connectivity index (χ1n) is 6.55. The number of thiophene rings is 1. The van der Waals surface area contributed by atoms with Gasteiger partial charge < -0.3 is 5.73 Å². The normalized spacial score (nSPS) is 20.4. The number of nitrogens with two attached hydrogens (primary N) is 1. The standard InChI is InChI=1S/C13H15ClN4OS/c14-11-9-3-5-20-13(9)17-10(16-11)7-18-4-1-2-8(6-18)12(15)19/h3,5,8H,1-2,4,6-7H2,(H2,15,19). The zero-order valence-corrected chi connectivity index (χ0v) is 12.5. The third kappa shape index (κ3) is 2.77. The Kier molecular flexibility index (Phi) is 3.87. The van der Waals surface area contributed by atoms with Gasteiger partial charge in [0.15, 0.2) is 0 Å². The van der Waals surface area contributed by atoms with Crippen molar-refractivity contribution in [3.63, 3.8) is 0 Å². The number of carbonyl (C=O) groups is 1. The van der Waals surface area contributed by atoms with Crippen molar-refractivity contribution in [2.24, 2.45) is 11.7 Å². The van der Waals surface area contributed by atoms with E-state index in [4.69, 9.17) is 17.3 Å². The fraction of sp³-hybridized carbons (Fsp3) is 0.462. The Morgan fingerprint density at radius 1 is 1.55 bits per heavy atom. The highest BCUT2D eigenvalue weighted by Gasteiger charge is 2.24. The van der Waals surface area contributed by atoms with E-state index in [2.05, 4.69) is 14.9 Å². The Morgan fingerprint density at radius 2 is 2.40 bits per heavy atom. The van der Waals surface area contributed by atoms with Crippen molar-refractivity contribution in [3.8, 4) is 0 Å². The first-order chi connectivity index (χ1) is 9.63. The van der Waals surface area contributed by atoms with Crippen LogP contribution in [0.3, 0.4) is 0 Å². The van der Waals surface area contributed by atoms with Crippen molar-refractivity contribution in [2.45, 2.75) is 19.4 Å². The van der Waals surface area contributed by atoms with Gasteiger partial charge in [-0.15, -0.1) is 11.3 Å². The lowest BCUT2D eigenvalue weighted by molar-refractivity contribution is -0.123. The molecule has 0 saturated carbocycles. The number of likely N-dealkylation sites (tertiary alicyclic amines) is 1. The Morgan fingerprint density at radius 3 is 3.20 bits per heavy atom. The number of primary amides is 1. The van der Waals surface area contributed by atoms with E-state index in [0.717, 1.165) is 29.6 Å². The minimum Gasteiger partial charge on any atom is -0.369 e. The Hall–Kier alpha value is -1.24. The molecule has 2 aromatic heterocycles. The molecule has 1 atom stereocenters. The second-order valence-electron chi connectivity index (χ2n) is 5.05. The average molecular weight is 311 g/mol. The molecule has 0 aromatic carbocycles. The number of piperidine rings is 1. The summed E-state index contributed by atoms with van der Waals surface area (Å²) in [5, 5.41) is 3.35. The van der Waals surface area contributed by atoms with E-state index in [9.17, 15) is 4.79 Å². The van der Waals surface area contributed by atoms with Gasteiger partial charge in [0.2, 0.25) is 5.91 Å². The monoisotopic (exact) mass is 310 g/mol. The Balaban J connectivity index is 1.77. The number of rotatable bonds is 3. The van der Waals surface area contributed by atoms with Crippen LogP contribution in [0.1, 0.15) is 18.7 Å². The van der Waals surface area contributed by atoms with Crippen LogP contribution in [0.5, 0.6) is 0 Å². The zero-order valence-electron chi connectivity index (χ0n) is 10.9. The molecule has 3 heterocycles. The van der Waals surface area contributed by atoms with E-state index in [-0.39, 0.29) is 11.8 Å². The van der Waals surface area contributed by atoms with Crippen LogP contribution in [0.15, 0.2) is 11.4 Å². The molecule has 20 heavy (non-hydrogen) atoms. The summed E-state index contributed by atoms with van der Waals surface area (Å²) in [6.07, 6.45) is 1.85. The molecule has 1 aliphatic rings. The molecule has 3 rings (SSSR count). The van der Waals surface area contributed by atoms with E-state index in [1.54, 1.807) is 11.3 Å². The molecule has 0 spiro atoms. The average Bonchev–Trinajstić information content (AvgIpc) is 2.88. The van der Waals surface area contributed by atoms with Gasteiger partial charge in [0.05, 0.1) is 12.5 Å². The van der Waals surface area contributed by atoms with Gasteiger partial charge >= 0.3 is 0 Å². The first kappa shape index (κ1) is 13.7. The smallest absolute Gasteiger partial charge is 0.221 e. The summed E-state index contributed by atoms with van der Waals surface area (Å²) in [7, 11) is 0. The summed E-state index contributed by atoms with van der Waals surface area (Å²) in [5.74, 6) is 0.419. The van der Waals surface area contributed by atoms with E-state index < -0.39 is 0 Å². The third-order valence-corrected chi connectivity index (χ3v) is 4.69. The molecular formula is C13H15ClN4OS. The number of nitrogens with zero attached hydrogens (tertiary/aromatic N) is 3. The highest BCUT2D eigenvalue weighted by atomic mass is 35.5. The van der Waals surface area contributed by atoms with E-state index in [0.29, 0.717) is 24.1 Å². The first-order valence-corrected chi connectivity index (χ1v) is 7.80. The van der Waals surface area contributed by atoms with Gasteiger partial charge in [0.25, 0.3) is 0 Å². The highest BCUT2D eigenvalue weighted by molar-refractivity contribution is 7.16. The van der Waals surface area contributed by atoms with Crippen LogP contribution in [0.4, 0.5) is 0 Å². The van der Waals surface area contributed by atoms with Crippen LogP contribution in [0.25, 0.3) is 10.2 Å². The summed E-state index contributed by atoms with van der Waals surface area (Å²) in [4.78, 5) is 23.2. The number of hydrogen-bond acceptors (Lipinski definition) is 5.